The normalized spacial score (nSPS) is 11.6. The molecule has 1 aromatic heterocycles. The van der Waals surface area contributed by atoms with Crippen LogP contribution < -0.4 is 10.6 Å². The molecule has 0 aliphatic rings. The highest BCUT2D eigenvalue weighted by Crippen LogP contribution is 2.11. The van der Waals surface area contributed by atoms with Gasteiger partial charge in [-0.05, 0) is 36.8 Å². The van der Waals surface area contributed by atoms with Gasteiger partial charge in [0.05, 0.1) is 17.9 Å². The highest BCUT2D eigenvalue weighted by Gasteiger charge is 2.06. The molecule has 0 aliphatic carbocycles. The minimum Gasteiger partial charge on any atom is -0.356 e. The van der Waals surface area contributed by atoms with E-state index in [2.05, 4.69) is 34.7 Å². The third-order valence-electron chi connectivity index (χ3n) is 2.57. The van der Waals surface area contributed by atoms with Crippen molar-refractivity contribution in [2.45, 2.75) is 13.0 Å². The number of nitrogens with zero attached hydrogens (tertiary/aromatic N) is 1. The van der Waals surface area contributed by atoms with Gasteiger partial charge in [-0.1, -0.05) is 30.3 Å². The molecule has 0 bridgehead atoms. The first-order valence-electron chi connectivity index (χ1n) is 5.78. The van der Waals surface area contributed by atoms with Crippen molar-refractivity contribution in [2.24, 2.45) is 0 Å². The van der Waals surface area contributed by atoms with Gasteiger partial charge in [0.1, 0.15) is 0 Å². The van der Waals surface area contributed by atoms with E-state index in [-0.39, 0.29) is 6.04 Å². The predicted molar refractivity (Wildman–Crippen MR) is 78.5 cm³/mol. The molecular weight excluding hydrogens is 242 g/mol. The maximum absolute atomic E-state index is 5.26. The molecular formula is C14H15N3S. The summed E-state index contributed by atoms with van der Waals surface area (Å²) in [6.07, 6.45) is 3.47. The summed E-state index contributed by atoms with van der Waals surface area (Å²) in [7, 11) is 0. The summed E-state index contributed by atoms with van der Waals surface area (Å²) < 4.78 is 0. The van der Waals surface area contributed by atoms with Gasteiger partial charge in [-0.25, -0.2) is 0 Å². The minimum atomic E-state index is 0.169. The summed E-state index contributed by atoms with van der Waals surface area (Å²) in [4.78, 5) is 4.03. The van der Waals surface area contributed by atoms with Crippen LogP contribution in [0.25, 0.3) is 0 Å². The zero-order chi connectivity index (χ0) is 12.8. The van der Waals surface area contributed by atoms with Crippen molar-refractivity contribution < 1.29 is 0 Å². The van der Waals surface area contributed by atoms with Crippen molar-refractivity contribution in [3.8, 4) is 0 Å². The fourth-order valence-corrected chi connectivity index (χ4v) is 1.92. The van der Waals surface area contributed by atoms with Gasteiger partial charge in [-0.2, -0.15) is 0 Å². The van der Waals surface area contributed by atoms with Gasteiger partial charge in [0, 0.05) is 6.20 Å². The molecule has 0 spiro atoms. The molecule has 0 unspecified atom stereocenters. The smallest absolute Gasteiger partial charge is 0.171 e. The van der Waals surface area contributed by atoms with Gasteiger partial charge in [0.15, 0.2) is 5.11 Å². The molecule has 4 heteroatoms. The number of hydrogen-bond acceptors (Lipinski definition) is 2. The van der Waals surface area contributed by atoms with Crippen LogP contribution in [0, 0.1) is 0 Å². The van der Waals surface area contributed by atoms with Gasteiger partial charge in [0.25, 0.3) is 0 Å². The summed E-state index contributed by atoms with van der Waals surface area (Å²) >= 11 is 5.26. The molecule has 2 N–H and O–H groups in total. The van der Waals surface area contributed by atoms with Crippen LogP contribution in [0.1, 0.15) is 18.5 Å². The van der Waals surface area contributed by atoms with E-state index in [0.29, 0.717) is 5.11 Å². The Kier molecular flexibility index (Phi) is 4.25. The molecule has 3 nitrogen and oxygen atoms in total. The predicted octanol–water partition coefficient (Wildman–Crippen LogP) is 3.13. The molecule has 0 saturated carbocycles. The molecule has 1 heterocycles. The summed E-state index contributed by atoms with van der Waals surface area (Å²) in [5, 5.41) is 6.93. The number of aromatic nitrogens is 1. The topological polar surface area (TPSA) is 37.0 Å². The molecule has 1 aromatic carbocycles. The van der Waals surface area contributed by atoms with Crippen LogP contribution in [0.5, 0.6) is 0 Å². The molecule has 0 saturated heterocycles. The van der Waals surface area contributed by atoms with E-state index in [4.69, 9.17) is 12.2 Å². The van der Waals surface area contributed by atoms with Crippen molar-refractivity contribution >= 4 is 23.0 Å². The van der Waals surface area contributed by atoms with Crippen LogP contribution in [-0.2, 0) is 0 Å². The van der Waals surface area contributed by atoms with Crippen LogP contribution in [0.15, 0.2) is 54.9 Å². The molecule has 2 rings (SSSR count). The number of thiocarbonyl (C=S) groups is 1. The van der Waals surface area contributed by atoms with Crippen LogP contribution in [0.4, 0.5) is 5.69 Å². The molecule has 0 amide bonds. The Bertz CT molecular complexity index is 499. The van der Waals surface area contributed by atoms with E-state index in [0.717, 1.165) is 5.69 Å². The lowest BCUT2D eigenvalue weighted by atomic mass is 10.1. The average Bonchev–Trinajstić information content (AvgIpc) is 2.40. The summed E-state index contributed by atoms with van der Waals surface area (Å²) in [6.45, 7) is 2.08. The Morgan fingerprint density at radius 1 is 1.17 bits per heavy atom. The van der Waals surface area contributed by atoms with Crippen molar-refractivity contribution in [2.75, 3.05) is 5.32 Å². The first-order chi connectivity index (χ1) is 8.75. The van der Waals surface area contributed by atoms with E-state index >= 15 is 0 Å². The number of hydrogen-bond donors (Lipinski definition) is 2. The first kappa shape index (κ1) is 12.5. The molecule has 0 aliphatic heterocycles. The summed E-state index contributed by atoms with van der Waals surface area (Å²) in [5.74, 6) is 0. The molecule has 2 aromatic rings. The second-order valence-corrected chi connectivity index (χ2v) is 4.38. The summed E-state index contributed by atoms with van der Waals surface area (Å²) in [6, 6.07) is 14.1. The second-order valence-electron chi connectivity index (χ2n) is 3.97. The molecule has 92 valence electrons. The number of pyridine rings is 1. The van der Waals surface area contributed by atoms with Crippen molar-refractivity contribution in [3.05, 3.63) is 60.4 Å². The van der Waals surface area contributed by atoms with E-state index in [1.165, 1.54) is 5.56 Å². The van der Waals surface area contributed by atoms with Crippen LogP contribution in [-0.4, -0.2) is 10.1 Å². The lowest BCUT2D eigenvalue weighted by molar-refractivity contribution is 0.722. The highest BCUT2D eigenvalue weighted by atomic mass is 32.1. The van der Waals surface area contributed by atoms with Gasteiger partial charge in [-0.15, -0.1) is 0 Å². The van der Waals surface area contributed by atoms with Crippen LogP contribution in [0.3, 0.4) is 0 Å². The van der Waals surface area contributed by atoms with Gasteiger partial charge in [-0.3, -0.25) is 4.98 Å². The standard InChI is InChI=1S/C14H15N3S/c1-11(12-6-3-2-4-7-12)16-14(18)17-13-8-5-9-15-10-13/h2-11H,1H3,(H2,16,17,18)/t11-/m0/s1. The van der Waals surface area contributed by atoms with E-state index < -0.39 is 0 Å². The minimum absolute atomic E-state index is 0.169. The zero-order valence-electron chi connectivity index (χ0n) is 10.1. The van der Waals surface area contributed by atoms with E-state index in [1.54, 1.807) is 12.4 Å². The average molecular weight is 257 g/mol. The molecule has 0 radical (unpaired) electrons. The van der Waals surface area contributed by atoms with Crippen molar-refractivity contribution in [3.63, 3.8) is 0 Å². The monoisotopic (exact) mass is 257 g/mol. The fraction of sp³-hybridized carbons (Fsp3) is 0.143. The lowest BCUT2D eigenvalue weighted by Crippen LogP contribution is -2.30. The maximum Gasteiger partial charge on any atom is 0.171 e. The molecule has 1 atom stereocenters. The lowest BCUT2D eigenvalue weighted by Gasteiger charge is -2.17. The van der Waals surface area contributed by atoms with Crippen molar-refractivity contribution in [1.82, 2.24) is 10.3 Å². The van der Waals surface area contributed by atoms with Gasteiger partial charge in [0.2, 0.25) is 0 Å². The number of nitrogens with one attached hydrogen (secondary N) is 2. The zero-order valence-corrected chi connectivity index (χ0v) is 10.9. The quantitative estimate of drug-likeness (QED) is 0.828. The molecule has 0 fully saturated rings. The fourth-order valence-electron chi connectivity index (χ4n) is 1.63. The summed E-state index contributed by atoms with van der Waals surface area (Å²) in [5.41, 5.74) is 2.09. The Hall–Kier alpha value is -1.94. The second kappa shape index (κ2) is 6.12. The molecule has 18 heavy (non-hydrogen) atoms. The number of anilines is 1. The Morgan fingerprint density at radius 3 is 2.61 bits per heavy atom. The van der Waals surface area contributed by atoms with Crippen molar-refractivity contribution in [1.29, 1.82) is 0 Å². The largest absolute Gasteiger partial charge is 0.356 e. The van der Waals surface area contributed by atoms with Crippen LogP contribution >= 0.6 is 12.2 Å². The first-order valence-corrected chi connectivity index (χ1v) is 6.19. The number of benzene rings is 1. The van der Waals surface area contributed by atoms with Crippen LogP contribution in [0.2, 0.25) is 0 Å². The third-order valence-corrected chi connectivity index (χ3v) is 2.79. The third kappa shape index (κ3) is 3.53. The van der Waals surface area contributed by atoms with E-state index in [9.17, 15) is 0 Å². The van der Waals surface area contributed by atoms with Gasteiger partial charge < -0.3 is 10.6 Å². The Morgan fingerprint density at radius 2 is 1.94 bits per heavy atom. The Balaban J connectivity index is 1.92. The van der Waals surface area contributed by atoms with Gasteiger partial charge >= 0.3 is 0 Å². The SMILES string of the molecule is C[C@H](NC(=S)Nc1cccnc1)c1ccccc1. The Labute approximate surface area is 112 Å². The van der Waals surface area contributed by atoms with E-state index in [1.807, 2.05) is 30.3 Å². The maximum atomic E-state index is 5.26. The highest BCUT2D eigenvalue weighted by molar-refractivity contribution is 7.80. The number of rotatable bonds is 3.